The minimum absolute atomic E-state index is 0. The SMILES string of the molecule is C1CCOC1.CC1CCCO1.CC=O.CCCC(C)O.CCCC(C)O.Cc1ccco1.O=Cc1ccco1.OCc1ccco1.[HH].[HH].[HH].[HH].[HH].[HH].[HH].[HH].[HH].[HH].[HH].[HH].[HH].[HH].[HH].[HH].c1ccoc1. The van der Waals surface area contributed by atoms with Gasteiger partial charge in [-0.2, -0.15) is 0 Å². The third-order valence-electron chi connectivity index (χ3n) is 5.88. The largest absolute Gasteiger partial charge is 0.473 e. The molecule has 0 bridgehead atoms. The fraction of sp³-hybridized carbons (Fsp3) is 0.550. The van der Waals surface area contributed by atoms with E-state index in [1.54, 1.807) is 43.1 Å². The van der Waals surface area contributed by atoms with E-state index in [1.165, 1.54) is 45.1 Å². The molecule has 4 aromatic heterocycles. The summed E-state index contributed by atoms with van der Waals surface area (Å²) >= 11 is 0. The minimum Gasteiger partial charge on any atom is -0.473 e. The second-order valence-corrected chi connectivity index (χ2v) is 11.0. The number of hydrogen-bond acceptors (Lipinski definition) is 11. The van der Waals surface area contributed by atoms with E-state index in [4.69, 9.17) is 38.4 Å². The molecule has 0 amide bonds. The molecule has 3 N–H and O–H groups in total. The van der Waals surface area contributed by atoms with Gasteiger partial charge in [0.2, 0.25) is 0 Å². The van der Waals surface area contributed by atoms with Gasteiger partial charge in [0, 0.05) is 42.6 Å². The summed E-state index contributed by atoms with van der Waals surface area (Å²) in [7, 11) is 0. The maximum atomic E-state index is 9.77. The molecule has 51 heavy (non-hydrogen) atoms. The normalized spacial score (nSPS) is 14.4. The number of carbonyl (C=O) groups is 2. The first-order valence-electron chi connectivity index (χ1n) is 17.7. The molecule has 0 aromatic carbocycles. The molecular weight excluding hydrogens is 656 g/mol. The molecule has 0 radical (unpaired) electrons. The van der Waals surface area contributed by atoms with Gasteiger partial charge in [-0.15, -0.1) is 0 Å². The summed E-state index contributed by atoms with van der Waals surface area (Å²) in [6.45, 7) is 16.2. The van der Waals surface area contributed by atoms with Gasteiger partial charge >= 0.3 is 0 Å². The lowest BCUT2D eigenvalue weighted by Gasteiger charge is -1.95. The number of hydrogen-bond donors (Lipinski definition) is 3. The Morgan fingerprint density at radius 2 is 1.31 bits per heavy atom. The standard InChI is InChI=1S/C5H6O2.C5H4O2.C5H10O.C5H6O.2C5H12O.C4H8O.C4H4O.C2H4O.16H2/c2*6-4-5-2-1-3-7-5;2*1-5-3-2-4-6-5;2*1-3-4-5(2)6;2*1-2-4-5-3-1;1-2-3;;;;;;;;;;;;;;;;/h1-3,6H,4H2;1-4H;5H,2-4H2,1H3;2-4H,1H3;2*5-6H,3-4H2,1-2H3;1-4H2;1-4H;2H,1H3;16*1H. The Bertz CT molecular complexity index is 1110. The van der Waals surface area contributed by atoms with E-state index in [-0.39, 0.29) is 41.6 Å². The molecule has 0 saturated carbocycles. The van der Waals surface area contributed by atoms with Crippen LogP contribution in [0.1, 0.15) is 138 Å². The summed E-state index contributed by atoms with van der Waals surface area (Å²) in [4.78, 5) is 18.6. The van der Waals surface area contributed by atoms with Crippen molar-refractivity contribution in [2.24, 2.45) is 0 Å². The number of aldehydes is 2. The molecule has 3 unspecified atom stereocenters. The molecule has 11 nitrogen and oxygen atoms in total. The minimum atomic E-state index is -0.102. The highest BCUT2D eigenvalue weighted by molar-refractivity contribution is 5.69. The fourth-order valence-electron chi connectivity index (χ4n) is 3.43. The van der Waals surface area contributed by atoms with Crippen LogP contribution in [-0.2, 0) is 20.9 Å². The van der Waals surface area contributed by atoms with Crippen molar-refractivity contribution in [3.8, 4) is 0 Å². The highest BCUT2D eigenvalue weighted by Crippen LogP contribution is 2.09. The van der Waals surface area contributed by atoms with Gasteiger partial charge in [-0.25, -0.2) is 0 Å². The molecule has 4 aromatic rings. The van der Waals surface area contributed by atoms with Gasteiger partial charge in [-0.3, -0.25) is 4.79 Å². The number of ether oxygens (including phenoxy) is 2. The topological polar surface area (TPSA) is 166 Å². The summed E-state index contributed by atoms with van der Waals surface area (Å²) in [5.74, 6) is 1.95. The third kappa shape index (κ3) is 46.3. The van der Waals surface area contributed by atoms with Gasteiger partial charge in [0.1, 0.15) is 24.4 Å². The molecular formula is C40H98O11. The summed E-state index contributed by atoms with van der Waals surface area (Å²) in [5, 5.41) is 25.4. The van der Waals surface area contributed by atoms with Gasteiger partial charge in [-0.05, 0) is 122 Å². The second-order valence-electron chi connectivity index (χ2n) is 11.0. The average Bonchev–Trinajstić information content (AvgIpc) is 3.95. The van der Waals surface area contributed by atoms with Gasteiger partial charge in [0.25, 0.3) is 0 Å². The van der Waals surface area contributed by atoms with E-state index >= 15 is 0 Å². The Morgan fingerprint density at radius 3 is 1.47 bits per heavy atom. The highest BCUT2D eigenvalue weighted by Gasteiger charge is 2.07. The van der Waals surface area contributed by atoms with Crippen LogP contribution in [0, 0.1) is 6.92 Å². The van der Waals surface area contributed by atoms with E-state index in [2.05, 4.69) is 29.6 Å². The van der Waals surface area contributed by atoms with Crippen molar-refractivity contribution in [1.82, 2.24) is 0 Å². The van der Waals surface area contributed by atoms with Crippen LogP contribution in [0.3, 0.4) is 0 Å². The Kier molecular flexibility index (Phi) is 42.9. The van der Waals surface area contributed by atoms with E-state index in [9.17, 15) is 4.79 Å². The van der Waals surface area contributed by atoms with E-state index in [0.717, 1.165) is 57.6 Å². The number of carbonyl (C=O) groups excluding carboxylic acids is 2. The third-order valence-corrected chi connectivity index (χ3v) is 5.88. The predicted molar refractivity (Wildman–Crippen MR) is 234 cm³/mol. The van der Waals surface area contributed by atoms with Gasteiger partial charge in [0.15, 0.2) is 12.0 Å². The summed E-state index contributed by atoms with van der Waals surface area (Å²) in [5.41, 5.74) is 0. The fourth-order valence-corrected chi connectivity index (χ4v) is 3.43. The highest BCUT2D eigenvalue weighted by atomic mass is 16.5. The van der Waals surface area contributed by atoms with Crippen molar-refractivity contribution in [2.75, 3.05) is 19.8 Å². The molecule has 0 spiro atoms. The molecule has 3 atom stereocenters. The molecule has 0 aliphatic carbocycles. The van der Waals surface area contributed by atoms with Crippen LogP contribution in [0.4, 0.5) is 0 Å². The zero-order valence-corrected chi connectivity index (χ0v) is 32.0. The summed E-state index contributed by atoms with van der Waals surface area (Å²) in [6.07, 6.45) is 18.8. The maximum absolute atomic E-state index is 9.77. The summed E-state index contributed by atoms with van der Waals surface area (Å²) in [6, 6.07) is 14.2. The molecule has 6 heterocycles. The first kappa shape index (κ1) is 51.6. The Balaban J connectivity index is -0.0000000222. The lowest BCUT2D eigenvalue weighted by Crippen LogP contribution is -1.95. The second kappa shape index (κ2) is 42.4. The smallest absolute Gasteiger partial charge is 0.185 e. The van der Waals surface area contributed by atoms with Crippen LogP contribution in [0.5, 0.6) is 0 Å². The summed E-state index contributed by atoms with van der Waals surface area (Å²) < 4.78 is 28.9. The van der Waals surface area contributed by atoms with Crippen LogP contribution in [0.25, 0.3) is 0 Å². The lowest BCUT2D eigenvalue weighted by molar-refractivity contribution is -0.106. The van der Waals surface area contributed by atoms with Crippen molar-refractivity contribution >= 4 is 12.6 Å². The Morgan fingerprint density at radius 1 is 0.784 bits per heavy atom. The van der Waals surface area contributed by atoms with Crippen molar-refractivity contribution in [2.45, 2.75) is 125 Å². The van der Waals surface area contributed by atoms with E-state index in [0.29, 0.717) is 23.9 Å². The Hall–Kier alpha value is -3.74. The maximum Gasteiger partial charge on any atom is 0.185 e. The van der Waals surface area contributed by atoms with Gasteiger partial charge < -0.3 is 47.3 Å². The van der Waals surface area contributed by atoms with Crippen LogP contribution in [0.2, 0.25) is 0 Å². The number of aliphatic hydroxyl groups is 3. The zero-order chi connectivity index (χ0) is 38.8. The molecule has 11 heteroatoms. The van der Waals surface area contributed by atoms with Crippen LogP contribution in [-0.4, -0.2) is 66.0 Å². The zero-order valence-electron chi connectivity index (χ0n) is 32.0. The molecule has 2 saturated heterocycles. The van der Waals surface area contributed by atoms with E-state index < -0.39 is 0 Å². The quantitative estimate of drug-likeness (QED) is 0.160. The van der Waals surface area contributed by atoms with E-state index in [1.807, 2.05) is 45.0 Å². The number of aliphatic hydroxyl groups excluding tert-OH is 3. The number of furan rings is 4. The monoisotopic (exact) mass is 755 g/mol. The van der Waals surface area contributed by atoms with Gasteiger partial charge in [0.05, 0.1) is 49.6 Å². The lowest BCUT2D eigenvalue weighted by atomic mass is 10.2. The van der Waals surface area contributed by atoms with Crippen molar-refractivity contribution in [3.63, 3.8) is 0 Å². The van der Waals surface area contributed by atoms with Crippen LogP contribution in [0.15, 0.2) is 97.5 Å². The number of aryl methyl sites for hydroxylation is 1. The molecule has 2 fully saturated rings. The van der Waals surface area contributed by atoms with Crippen LogP contribution < -0.4 is 0 Å². The predicted octanol–water partition coefficient (Wildman–Crippen LogP) is 13.2. The van der Waals surface area contributed by atoms with Crippen molar-refractivity contribution < 1.29 is 74.9 Å². The molecule has 2 aliphatic rings. The molecule has 6 rings (SSSR count). The average molecular weight is 755 g/mol. The molecule has 324 valence electrons. The van der Waals surface area contributed by atoms with Crippen molar-refractivity contribution in [3.05, 3.63) is 97.1 Å². The van der Waals surface area contributed by atoms with Crippen molar-refractivity contribution in [1.29, 1.82) is 0 Å². The van der Waals surface area contributed by atoms with Crippen LogP contribution >= 0.6 is 0 Å². The Labute approximate surface area is 329 Å². The van der Waals surface area contributed by atoms with Gasteiger partial charge in [-0.1, -0.05) is 26.7 Å². The first-order valence-corrected chi connectivity index (χ1v) is 17.7. The number of rotatable bonds is 6. The first-order chi connectivity index (χ1) is 24.6. The molecule has 2 aliphatic heterocycles.